The SMILES string of the molecule is Fc1ccc(Oc2cc[n+](CCCC(c3ccc(F)cc3)c3ccc(F)cc3)cc2)cc1. The summed E-state index contributed by atoms with van der Waals surface area (Å²) in [4.78, 5) is 0. The zero-order chi connectivity index (χ0) is 22.3. The Hall–Kier alpha value is -3.60. The fourth-order valence-electron chi connectivity index (χ4n) is 3.69. The number of rotatable bonds is 8. The fourth-order valence-corrected chi connectivity index (χ4v) is 3.69. The van der Waals surface area contributed by atoms with Crippen molar-refractivity contribution in [1.29, 1.82) is 0 Å². The summed E-state index contributed by atoms with van der Waals surface area (Å²) in [5.74, 6) is 0.449. The van der Waals surface area contributed by atoms with Crippen LogP contribution in [0.15, 0.2) is 97.3 Å². The summed E-state index contributed by atoms with van der Waals surface area (Å²) < 4.78 is 47.6. The summed E-state index contributed by atoms with van der Waals surface area (Å²) in [5.41, 5.74) is 2.01. The molecule has 0 aliphatic heterocycles. The van der Waals surface area contributed by atoms with Crippen LogP contribution < -0.4 is 9.30 Å². The summed E-state index contributed by atoms with van der Waals surface area (Å²) in [7, 11) is 0. The average Bonchev–Trinajstić information content (AvgIpc) is 2.81. The van der Waals surface area contributed by atoms with Gasteiger partial charge in [-0.2, -0.15) is 0 Å². The number of nitrogens with zero attached hydrogens (tertiary/aromatic N) is 1. The van der Waals surface area contributed by atoms with E-state index in [1.807, 2.05) is 24.5 Å². The lowest BCUT2D eigenvalue weighted by Gasteiger charge is -2.17. The van der Waals surface area contributed by atoms with Gasteiger partial charge in [-0.1, -0.05) is 24.3 Å². The Morgan fingerprint density at radius 2 is 1.03 bits per heavy atom. The summed E-state index contributed by atoms with van der Waals surface area (Å²) in [6.07, 6.45) is 5.58. The third-order valence-electron chi connectivity index (χ3n) is 5.36. The van der Waals surface area contributed by atoms with Crippen LogP contribution >= 0.6 is 0 Å². The normalized spacial score (nSPS) is 11.0. The van der Waals surface area contributed by atoms with Gasteiger partial charge in [0.1, 0.15) is 35.5 Å². The average molecular weight is 434 g/mol. The van der Waals surface area contributed by atoms with Crippen molar-refractivity contribution in [1.82, 2.24) is 0 Å². The third-order valence-corrected chi connectivity index (χ3v) is 5.36. The summed E-state index contributed by atoms with van der Waals surface area (Å²) >= 11 is 0. The topological polar surface area (TPSA) is 13.1 Å². The third kappa shape index (κ3) is 5.76. The molecule has 162 valence electrons. The molecule has 4 aromatic rings. The van der Waals surface area contributed by atoms with Gasteiger partial charge in [0.05, 0.1) is 0 Å². The van der Waals surface area contributed by atoms with Gasteiger partial charge in [-0.05, 0) is 66.1 Å². The fraction of sp³-hybridized carbons (Fsp3) is 0.148. The quantitative estimate of drug-likeness (QED) is 0.278. The van der Waals surface area contributed by atoms with Crippen molar-refractivity contribution in [3.63, 3.8) is 0 Å². The first-order chi connectivity index (χ1) is 15.6. The highest BCUT2D eigenvalue weighted by molar-refractivity contribution is 5.33. The molecule has 0 amide bonds. The van der Waals surface area contributed by atoms with Gasteiger partial charge in [0.15, 0.2) is 12.4 Å². The van der Waals surface area contributed by atoms with Crippen LogP contribution in [0.2, 0.25) is 0 Å². The van der Waals surface area contributed by atoms with Crippen molar-refractivity contribution in [2.45, 2.75) is 25.3 Å². The lowest BCUT2D eigenvalue weighted by atomic mass is 9.87. The largest absolute Gasteiger partial charge is 0.457 e. The van der Waals surface area contributed by atoms with E-state index < -0.39 is 0 Å². The van der Waals surface area contributed by atoms with Crippen molar-refractivity contribution in [3.05, 3.63) is 126 Å². The Labute approximate surface area is 185 Å². The molecule has 3 aromatic carbocycles. The van der Waals surface area contributed by atoms with Crippen LogP contribution in [-0.2, 0) is 6.54 Å². The van der Waals surface area contributed by atoms with Crippen molar-refractivity contribution in [2.24, 2.45) is 0 Å². The van der Waals surface area contributed by atoms with Crippen molar-refractivity contribution >= 4 is 0 Å². The second-order valence-corrected chi connectivity index (χ2v) is 7.63. The van der Waals surface area contributed by atoms with Crippen LogP contribution in [0.5, 0.6) is 11.5 Å². The number of hydrogen-bond acceptors (Lipinski definition) is 1. The van der Waals surface area contributed by atoms with E-state index in [1.54, 1.807) is 36.4 Å². The van der Waals surface area contributed by atoms with E-state index in [4.69, 9.17) is 4.74 Å². The second-order valence-electron chi connectivity index (χ2n) is 7.63. The molecular formula is C27H23F3NO+. The van der Waals surface area contributed by atoms with Crippen molar-refractivity contribution < 1.29 is 22.5 Å². The molecule has 5 heteroatoms. The Morgan fingerprint density at radius 1 is 0.594 bits per heavy atom. The zero-order valence-corrected chi connectivity index (χ0v) is 17.4. The Morgan fingerprint density at radius 3 is 1.53 bits per heavy atom. The molecule has 0 fully saturated rings. The van der Waals surface area contributed by atoms with Gasteiger partial charge in [-0.3, -0.25) is 0 Å². The number of aryl methyl sites for hydroxylation is 1. The van der Waals surface area contributed by atoms with Crippen molar-refractivity contribution in [3.8, 4) is 11.5 Å². The molecule has 0 atom stereocenters. The van der Waals surface area contributed by atoms with Crippen LogP contribution in [0.3, 0.4) is 0 Å². The molecule has 4 rings (SSSR count). The molecule has 1 heterocycles. The number of halogens is 3. The van der Waals surface area contributed by atoms with Crippen LogP contribution in [0.25, 0.3) is 0 Å². The van der Waals surface area contributed by atoms with Gasteiger partial charge in [0.25, 0.3) is 0 Å². The van der Waals surface area contributed by atoms with Gasteiger partial charge in [0, 0.05) is 24.5 Å². The lowest BCUT2D eigenvalue weighted by molar-refractivity contribution is -0.697. The van der Waals surface area contributed by atoms with E-state index in [1.165, 1.54) is 36.4 Å². The number of aromatic nitrogens is 1. The highest BCUT2D eigenvalue weighted by Gasteiger charge is 2.16. The smallest absolute Gasteiger partial charge is 0.172 e. The summed E-state index contributed by atoms with van der Waals surface area (Å²) in [6, 6.07) is 22.6. The standard InChI is InChI=1S/C27H23F3NO/c28-22-7-3-20(4-8-22)27(21-5-9-23(29)10-6-21)2-1-17-31-18-15-26(16-19-31)32-25-13-11-24(30)12-14-25/h3-16,18-19,27H,1-2,17H2/q+1. The molecule has 0 N–H and O–H groups in total. The maximum atomic E-state index is 13.4. The molecular weight excluding hydrogens is 411 g/mol. The minimum atomic E-state index is -0.303. The van der Waals surface area contributed by atoms with Crippen molar-refractivity contribution in [2.75, 3.05) is 0 Å². The molecule has 0 spiro atoms. The number of benzene rings is 3. The molecule has 0 aliphatic carbocycles. The predicted octanol–water partition coefficient (Wildman–Crippen LogP) is 6.80. The van der Waals surface area contributed by atoms with Gasteiger partial charge >= 0.3 is 0 Å². The second kappa shape index (κ2) is 10.1. The predicted molar refractivity (Wildman–Crippen MR) is 117 cm³/mol. The molecule has 0 aliphatic rings. The number of hydrogen-bond donors (Lipinski definition) is 0. The van der Waals surface area contributed by atoms with E-state index in [9.17, 15) is 13.2 Å². The summed E-state index contributed by atoms with van der Waals surface area (Å²) in [6.45, 7) is 0.787. The monoisotopic (exact) mass is 434 g/mol. The zero-order valence-electron chi connectivity index (χ0n) is 17.4. The first-order valence-electron chi connectivity index (χ1n) is 10.5. The molecule has 0 saturated carbocycles. The molecule has 1 aromatic heterocycles. The van der Waals surface area contributed by atoms with Gasteiger partial charge in [-0.25, -0.2) is 17.7 Å². The van der Waals surface area contributed by atoms with Crippen LogP contribution in [-0.4, -0.2) is 0 Å². The molecule has 0 saturated heterocycles. The Kier molecular flexibility index (Phi) is 6.85. The summed E-state index contributed by atoms with van der Waals surface area (Å²) in [5, 5.41) is 0. The molecule has 32 heavy (non-hydrogen) atoms. The van der Waals surface area contributed by atoms with Crippen LogP contribution in [0, 0.1) is 17.5 Å². The van der Waals surface area contributed by atoms with Gasteiger partial charge < -0.3 is 4.74 Å². The lowest BCUT2D eigenvalue weighted by Crippen LogP contribution is -2.32. The first kappa shape index (κ1) is 21.6. The Bertz CT molecular complexity index is 1080. The molecule has 2 nitrogen and oxygen atoms in total. The minimum absolute atomic E-state index is 0.0536. The van der Waals surface area contributed by atoms with E-state index in [0.29, 0.717) is 11.5 Å². The van der Waals surface area contributed by atoms with E-state index in [2.05, 4.69) is 4.57 Å². The van der Waals surface area contributed by atoms with E-state index in [-0.39, 0.29) is 23.4 Å². The minimum Gasteiger partial charge on any atom is -0.457 e. The highest BCUT2D eigenvalue weighted by atomic mass is 19.1. The van der Waals surface area contributed by atoms with E-state index in [0.717, 1.165) is 30.5 Å². The first-order valence-corrected chi connectivity index (χ1v) is 10.5. The maximum Gasteiger partial charge on any atom is 0.172 e. The van der Waals surface area contributed by atoms with Crippen LogP contribution in [0.1, 0.15) is 29.9 Å². The molecule has 0 unspecified atom stereocenters. The number of pyridine rings is 1. The maximum absolute atomic E-state index is 13.4. The Balaban J connectivity index is 1.39. The number of ether oxygens (including phenoxy) is 1. The highest BCUT2D eigenvalue weighted by Crippen LogP contribution is 2.29. The molecule has 0 bridgehead atoms. The van der Waals surface area contributed by atoms with E-state index >= 15 is 0 Å². The van der Waals surface area contributed by atoms with Gasteiger partial charge in [-0.15, -0.1) is 0 Å². The molecule has 0 radical (unpaired) electrons. The van der Waals surface area contributed by atoms with Gasteiger partial charge in [0.2, 0.25) is 0 Å². The van der Waals surface area contributed by atoms with Crippen LogP contribution in [0.4, 0.5) is 13.2 Å².